The number of fused-ring (bicyclic) bond motifs is 5. The summed E-state index contributed by atoms with van der Waals surface area (Å²) in [5.74, 6) is 1.89. The number of anilines is 1. The molecule has 2 aliphatic rings. The van der Waals surface area contributed by atoms with Gasteiger partial charge < -0.3 is 10.1 Å². The number of hydrogen-bond acceptors (Lipinski definition) is 2. The molecule has 3 unspecified atom stereocenters. The van der Waals surface area contributed by atoms with Gasteiger partial charge in [-0.05, 0) is 76.2 Å². The van der Waals surface area contributed by atoms with Crippen molar-refractivity contribution in [3.8, 4) is 5.75 Å². The van der Waals surface area contributed by atoms with Crippen molar-refractivity contribution in [1.29, 1.82) is 0 Å². The molecule has 6 rings (SSSR count). The summed E-state index contributed by atoms with van der Waals surface area (Å²) in [7, 11) is 0. The zero-order chi connectivity index (χ0) is 20.1. The SMILES string of the molecule is CCOc1ccc2c(c1)C1C=CCC1C(c1c3ccccc3cc3ccccc13)N2. The number of rotatable bonds is 3. The molecule has 0 fully saturated rings. The maximum Gasteiger partial charge on any atom is 0.119 e. The Labute approximate surface area is 177 Å². The van der Waals surface area contributed by atoms with E-state index >= 15 is 0 Å². The van der Waals surface area contributed by atoms with E-state index in [0.29, 0.717) is 18.4 Å². The van der Waals surface area contributed by atoms with E-state index in [2.05, 4.69) is 90.3 Å². The van der Waals surface area contributed by atoms with Crippen LogP contribution in [0, 0.1) is 5.92 Å². The van der Waals surface area contributed by atoms with E-state index in [1.807, 2.05) is 6.92 Å². The van der Waals surface area contributed by atoms with Crippen molar-refractivity contribution in [3.63, 3.8) is 0 Å². The second kappa shape index (κ2) is 6.91. The second-order valence-corrected chi connectivity index (χ2v) is 8.39. The molecule has 1 aliphatic carbocycles. The lowest BCUT2D eigenvalue weighted by molar-refractivity contribution is 0.338. The zero-order valence-electron chi connectivity index (χ0n) is 17.1. The molecule has 3 atom stereocenters. The highest BCUT2D eigenvalue weighted by Crippen LogP contribution is 2.52. The van der Waals surface area contributed by atoms with Gasteiger partial charge in [0.1, 0.15) is 5.75 Å². The van der Waals surface area contributed by atoms with Crippen LogP contribution in [0.2, 0.25) is 0 Å². The second-order valence-electron chi connectivity index (χ2n) is 8.39. The molecule has 4 aromatic rings. The van der Waals surface area contributed by atoms with Gasteiger partial charge in [-0.15, -0.1) is 0 Å². The molecular weight excluding hydrogens is 366 g/mol. The van der Waals surface area contributed by atoms with Crippen LogP contribution in [-0.2, 0) is 0 Å². The molecule has 0 amide bonds. The third-order valence-electron chi connectivity index (χ3n) is 6.77. The molecule has 2 heteroatoms. The molecule has 0 aromatic heterocycles. The standard InChI is InChI=1S/C28H25NO/c1-2-30-20-14-15-26-25(17-20)23-12-7-13-24(23)28(29-26)27-21-10-5-3-8-18(21)16-19-9-4-6-11-22(19)27/h3-12,14-17,23-24,28-29H,2,13H2,1H3. The van der Waals surface area contributed by atoms with Gasteiger partial charge in [0.25, 0.3) is 0 Å². The van der Waals surface area contributed by atoms with Crippen LogP contribution in [0.15, 0.2) is 84.9 Å². The molecule has 0 radical (unpaired) electrons. The maximum absolute atomic E-state index is 5.80. The van der Waals surface area contributed by atoms with Crippen molar-refractivity contribution in [2.75, 3.05) is 11.9 Å². The fourth-order valence-electron chi connectivity index (χ4n) is 5.50. The van der Waals surface area contributed by atoms with Crippen LogP contribution in [0.5, 0.6) is 5.75 Å². The average molecular weight is 392 g/mol. The van der Waals surface area contributed by atoms with Gasteiger partial charge in [0.15, 0.2) is 0 Å². The van der Waals surface area contributed by atoms with Gasteiger partial charge >= 0.3 is 0 Å². The summed E-state index contributed by atoms with van der Waals surface area (Å²) >= 11 is 0. The lowest BCUT2D eigenvalue weighted by atomic mass is 9.75. The summed E-state index contributed by atoms with van der Waals surface area (Å²) in [6.07, 6.45) is 5.86. The van der Waals surface area contributed by atoms with E-state index < -0.39 is 0 Å². The monoisotopic (exact) mass is 391 g/mol. The van der Waals surface area contributed by atoms with Crippen LogP contribution in [0.1, 0.15) is 36.4 Å². The molecule has 1 heterocycles. The number of benzene rings is 4. The molecule has 2 nitrogen and oxygen atoms in total. The number of hydrogen-bond donors (Lipinski definition) is 1. The average Bonchev–Trinajstić information content (AvgIpc) is 3.28. The Hall–Kier alpha value is -3.26. The van der Waals surface area contributed by atoms with Gasteiger partial charge in [0.2, 0.25) is 0 Å². The highest BCUT2D eigenvalue weighted by molar-refractivity contribution is 6.03. The summed E-state index contributed by atoms with van der Waals surface area (Å²) in [6.45, 7) is 2.73. The van der Waals surface area contributed by atoms with Gasteiger partial charge in [0, 0.05) is 11.6 Å². The van der Waals surface area contributed by atoms with Crippen LogP contribution < -0.4 is 10.1 Å². The summed E-state index contributed by atoms with van der Waals surface area (Å²) in [5, 5.41) is 9.28. The van der Waals surface area contributed by atoms with Gasteiger partial charge in [-0.2, -0.15) is 0 Å². The predicted molar refractivity (Wildman–Crippen MR) is 125 cm³/mol. The predicted octanol–water partition coefficient (Wildman–Crippen LogP) is 7.22. The van der Waals surface area contributed by atoms with Crippen molar-refractivity contribution in [2.45, 2.75) is 25.3 Å². The smallest absolute Gasteiger partial charge is 0.119 e. The first-order valence-electron chi connectivity index (χ1n) is 10.9. The van der Waals surface area contributed by atoms with Crippen LogP contribution in [0.4, 0.5) is 5.69 Å². The van der Waals surface area contributed by atoms with Crippen LogP contribution in [0.25, 0.3) is 21.5 Å². The topological polar surface area (TPSA) is 21.3 Å². The minimum atomic E-state index is 0.270. The largest absolute Gasteiger partial charge is 0.494 e. The minimum absolute atomic E-state index is 0.270. The van der Waals surface area contributed by atoms with Crippen LogP contribution in [-0.4, -0.2) is 6.61 Å². The van der Waals surface area contributed by atoms with Gasteiger partial charge in [-0.1, -0.05) is 60.7 Å². The van der Waals surface area contributed by atoms with Crippen molar-refractivity contribution in [1.82, 2.24) is 0 Å². The third-order valence-corrected chi connectivity index (χ3v) is 6.77. The van der Waals surface area contributed by atoms with E-state index in [9.17, 15) is 0 Å². The first-order chi connectivity index (χ1) is 14.8. The molecular formula is C28H25NO. The van der Waals surface area contributed by atoms with Crippen molar-refractivity contribution >= 4 is 27.2 Å². The van der Waals surface area contributed by atoms with E-state index in [4.69, 9.17) is 4.74 Å². The lowest BCUT2D eigenvalue weighted by Gasteiger charge is -2.38. The molecule has 0 saturated carbocycles. The Balaban J connectivity index is 1.57. The third kappa shape index (κ3) is 2.64. The Morgan fingerprint density at radius 1 is 0.900 bits per heavy atom. The maximum atomic E-state index is 5.80. The first-order valence-corrected chi connectivity index (χ1v) is 10.9. The van der Waals surface area contributed by atoms with E-state index in [1.165, 1.54) is 38.4 Å². The summed E-state index contributed by atoms with van der Waals surface area (Å²) in [5.41, 5.74) is 4.02. The number of nitrogens with one attached hydrogen (secondary N) is 1. The van der Waals surface area contributed by atoms with Gasteiger partial charge in [0.05, 0.1) is 12.6 Å². The quantitative estimate of drug-likeness (QED) is 0.294. The molecule has 4 aromatic carbocycles. The highest BCUT2D eigenvalue weighted by Gasteiger charge is 2.39. The number of allylic oxidation sites excluding steroid dienone is 2. The van der Waals surface area contributed by atoms with E-state index in [1.54, 1.807) is 0 Å². The summed E-state index contributed by atoms with van der Waals surface area (Å²) in [6, 6.07) is 26.8. The van der Waals surface area contributed by atoms with E-state index in [-0.39, 0.29) is 6.04 Å². The normalized spacial score (nSPS) is 22.0. The molecule has 0 bridgehead atoms. The Morgan fingerprint density at radius 3 is 2.37 bits per heavy atom. The van der Waals surface area contributed by atoms with Gasteiger partial charge in [-0.3, -0.25) is 0 Å². The summed E-state index contributed by atoms with van der Waals surface area (Å²) < 4.78 is 5.80. The minimum Gasteiger partial charge on any atom is -0.494 e. The Bertz CT molecular complexity index is 1230. The van der Waals surface area contributed by atoms with Crippen molar-refractivity contribution < 1.29 is 4.74 Å². The first kappa shape index (κ1) is 17.6. The van der Waals surface area contributed by atoms with Crippen LogP contribution >= 0.6 is 0 Å². The molecule has 0 saturated heterocycles. The molecule has 1 aliphatic heterocycles. The Kier molecular flexibility index (Phi) is 4.05. The summed E-state index contributed by atoms with van der Waals surface area (Å²) in [4.78, 5) is 0. The van der Waals surface area contributed by atoms with Crippen LogP contribution in [0.3, 0.4) is 0 Å². The molecule has 30 heavy (non-hydrogen) atoms. The molecule has 0 spiro atoms. The fraction of sp³-hybridized carbons (Fsp3) is 0.214. The zero-order valence-corrected chi connectivity index (χ0v) is 17.1. The van der Waals surface area contributed by atoms with Crippen molar-refractivity contribution in [2.24, 2.45) is 5.92 Å². The number of ether oxygens (including phenoxy) is 1. The van der Waals surface area contributed by atoms with Gasteiger partial charge in [-0.25, -0.2) is 0 Å². The fourth-order valence-corrected chi connectivity index (χ4v) is 5.50. The Morgan fingerprint density at radius 2 is 1.63 bits per heavy atom. The highest BCUT2D eigenvalue weighted by atomic mass is 16.5. The van der Waals surface area contributed by atoms with Crippen molar-refractivity contribution in [3.05, 3.63) is 96.1 Å². The lowest BCUT2D eigenvalue weighted by Crippen LogP contribution is -2.29. The molecule has 1 N–H and O–H groups in total. The van der Waals surface area contributed by atoms with E-state index in [0.717, 1.165) is 12.2 Å². The molecule has 148 valence electrons.